The topological polar surface area (TPSA) is 55.1 Å². The van der Waals surface area contributed by atoms with Crippen molar-refractivity contribution in [3.8, 4) is 0 Å². The fraction of sp³-hybridized carbons (Fsp3) is 0.300. The van der Waals surface area contributed by atoms with Gasteiger partial charge >= 0.3 is 0 Å². The van der Waals surface area contributed by atoms with E-state index in [2.05, 4.69) is 5.32 Å². The van der Waals surface area contributed by atoms with E-state index in [0.717, 1.165) is 0 Å². The summed E-state index contributed by atoms with van der Waals surface area (Å²) in [5.74, 6) is -0.824. The molecule has 0 saturated carbocycles. The van der Waals surface area contributed by atoms with Gasteiger partial charge in [-0.3, -0.25) is 4.79 Å². The van der Waals surface area contributed by atoms with Crippen molar-refractivity contribution < 1.29 is 9.18 Å². The van der Waals surface area contributed by atoms with E-state index in [0.29, 0.717) is 12.1 Å². The third-order valence-corrected chi connectivity index (χ3v) is 2.25. The fourth-order valence-corrected chi connectivity index (χ4v) is 1.17. The highest BCUT2D eigenvalue weighted by atomic mass is 35.5. The summed E-state index contributed by atoms with van der Waals surface area (Å²) >= 11 is 5.55. The molecule has 5 heteroatoms. The van der Waals surface area contributed by atoms with E-state index in [1.807, 2.05) is 6.92 Å². The zero-order chi connectivity index (χ0) is 11.4. The van der Waals surface area contributed by atoms with Crippen molar-refractivity contribution in [3.63, 3.8) is 0 Å². The highest BCUT2D eigenvalue weighted by molar-refractivity contribution is 6.31. The third kappa shape index (κ3) is 3.18. The minimum absolute atomic E-state index is 0.0298. The maximum atomic E-state index is 12.8. The lowest BCUT2D eigenvalue weighted by molar-refractivity contribution is -0.117. The van der Waals surface area contributed by atoms with Crippen LogP contribution in [0.2, 0.25) is 5.02 Å². The molecule has 0 aliphatic heterocycles. The number of carbonyl (C=O) groups excluding carboxylic acids is 1. The first-order chi connectivity index (χ1) is 7.04. The summed E-state index contributed by atoms with van der Waals surface area (Å²) in [6.07, 6.45) is 0.542. The number of hydrogen-bond acceptors (Lipinski definition) is 2. The van der Waals surface area contributed by atoms with Crippen LogP contribution in [0.1, 0.15) is 13.3 Å². The predicted octanol–water partition coefficient (Wildman–Crippen LogP) is 2.15. The van der Waals surface area contributed by atoms with Gasteiger partial charge in [-0.1, -0.05) is 18.5 Å². The van der Waals surface area contributed by atoms with Crippen LogP contribution in [-0.2, 0) is 4.79 Å². The smallest absolute Gasteiger partial charge is 0.241 e. The van der Waals surface area contributed by atoms with E-state index in [4.69, 9.17) is 17.3 Å². The van der Waals surface area contributed by atoms with Gasteiger partial charge in [0.2, 0.25) is 5.91 Å². The summed E-state index contributed by atoms with van der Waals surface area (Å²) in [6.45, 7) is 1.81. The number of benzene rings is 1. The maximum Gasteiger partial charge on any atom is 0.241 e. The number of amides is 1. The third-order valence-electron chi connectivity index (χ3n) is 1.96. The largest absolute Gasteiger partial charge is 0.325 e. The van der Waals surface area contributed by atoms with Gasteiger partial charge in [0.15, 0.2) is 0 Å². The molecule has 0 radical (unpaired) electrons. The molecule has 3 N–H and O–H groups in total. The number of anilines is 1. The molecular weight excluding hydrogens is 219 g/mol. The van der Waals surface area contributed by atoms with Gasteiger partial charge in [-0.15, -0.1) is 0 Å². The fourth-order valence-electron chi connectivity index (χ4n) is 0.994. The average molecular weight is 231 g/mol. The summed E-state index contributed by atoms with van der Waals surface area (Å²) in [7, 11) is 0. The molecule has 3 nitrogen and oxygen atoms in total. The monoisotopic (exact) mass is 230 g/mol. The van der Waals surface area contributed by atoms with Gasteiger partial charge in [0.1, 0.15) is 5.82 Å². The van der Waals surface area contributed by atoms with Crippen LogP contribution in [0.25, 0.3) is 0 Å². The highest BCUT2D eigenvalue weighted by Crippen LogP contribution is 2.19. The Morgan fingerprint density at radius 1 is 1.67 bits per heavy atom. The predicted molar refractivity (Wildman–Crippen MR) is 58.3 cm³/mol. The number of nitrogens with one attached hydrogen (secondary N) is 1. The number of hydrogen-bond donors (Lipinski definition) is 2. The first kappa shape index (κ1) is 11.9. The summed E-state index contributed by atoms with van der Waals surface area (Å²) < 4.78 is 12.8. The van der Waals surface area contributed by atoms with Crippen molar-refractivity contribution in [2.24, 2.45) is 5.73 Å². The summed E-state index contributed by atoms with van der Waals surface area (Å²) in [5.41, 5.74) is 5.95. The summed E-state index contributed by atoms with van der Waals surface area (Å²) in [5, 5.41) is 2.52. The maximum absolute atomic E-state index is 12.8. The van der Waals surface area contributed by atoms with E-state index in [9.17, 15) is 9.18 Å². The molecule has 15 heavy (non-hydrogen) atoms. The molecule has 1 rings (SSSR count). The molecular formula is C10H12ClFN2O. The summed E-state index contributed by atoms with van der Waals surface area (Å²) in [6, 6.07) is 3.41. The molecule has 1 aromatic rings. The molecule has 0 unspecified atom stereocenters. The van der Waals surface area contributed by atoms with Gasteiger partial charge in [-0.05, 0) is 24.6 Å². The van der Waals surface area contributed by atoms with Crippen LogP contribution in [0, 0.1) is 5.82 Å². The van der Waals surface area contributed by atoms with Crippen molar-refractivity contribution >= 4 is 23.2 Å². The number of nitrogens with two attached hydrogens (primary N) is 1. The molecule has 1 atom stereocenters. The van der Waals surface area contributed by atoms with Crippen LogP contribution in [0.3, 0.4) is 0 Å². The molecule has 0 aliphatic rings. The van der Waals surface area contributed by atoms with Crippen molar-refractivity contribution in [1.82, 2.24) is 0 Å². The van der Waals surface area contributed by atoms with Gasteiger partial charge < -0.3 is 11.1 Å². The zero-order valence-electron chi connectivity index (χ0n) is 8.26. The molecule has 0 spiro atoms. The van der Waals surface area contributed by atoms with Crippen LogP contribution < -0.4 is 11.1 Å². The molecule has 82 valence electrons. The van der Waals surface area contributed by atoms with Crippen LogP contribution in [0.4, 0.5) is 10.1 Å². The minimum atomic E-state index is -0.561. The number of rotatable bonds is 3. The van der Waals surface area contributed by atoms with E-state index in [1.165, 1.54) is 18.2 Å². The zero-order valence-corrected chi connectivity index (χ0v) is 9.01. The van der Waals surface area contributed by atoms with Crippen molar-refractivity contribution in [2.75, 3.05) is 5.32 Å². The SMILES string of the molecule is CC[C@H](N)C(=O)Nc1ccc(F)c(Cl)c1. The Kier molecular flexibility index (Phi) is 4.05. The Morgan fingerprint density at radius 3 is 2.87 bits per heavy atom. The Morgan fingerprint density at radius 2 is 2.33 bits per heavy atom. The van der Waals surface area contributed by atoms with Crippen molar-refractivity contribution in [3.05, 3.63) is 29.0 Å². The Hall–Kier alpha value is -1.13. The van der Waals surface area contributed by atoms with Gasteiger partial charge in [-0.2, -0.15) is 0 Å². The molecule has 1 amide bonds. The van der Waals surface area contributed by atoms with Gasteiger partial charge in [0.25, 0.3) is 0 Å². The molecule has 0 aromatic heterocycles. The quantitative estimate of drug-likeness (QED) is 0.836. The molecule has 0 saturated heterocycles. The Balaban J connectivity index is 2.73. The van der Waals surface area contributed by atoms with Gasteiger partial charge in [-0.25, -0.2) is 4.39 Å². The first-order valence-corrected chi connectivity index (χ1v) is 4.94. The molecule has 0 bridgehead atoms. The normalized spacial score (nSPS) is 12.3. The molecule has 0 heterocycles. The van der Waals surface area contributed by atoms with Crippen LogP contribution in [0.15, 0.2) is 18.2 Å². The van der Waals surface area contributed by atoms with Crippen LogP contribution in [0.5, 0.6) is 0 Å². The number of halogens is 2. The average Bonchev–Trinajstić information content (AvgIpc) is 2.22. The second-order valence-corrected chi connectivity index (χ2v) is 3.54. The minimum Gasteiger partial charge on any atom is -0.325 e. The second kappa shape index (κ2) is 5.09. The Bertz CT molecular complexity index is 370. The molecule has 0 aliphatic carbocycles. The van der Waals surface area contributed by atoms with E-state index < -0.39 is 11.9 Å². The first-order valence-electron chi connectivity index (χ1n) is 4.56. The standard InChI is InChI=1S/C10H12ClFN2O/c1-2-9(13)10(15)14-6-3-4-8(12)7(11)5-6/h3-5,9H,2,13H2,1H3,(H,14,15)/t9-/m0/s1. The van der Waals surface area contributed by atoms with Gasteiger partial charge in [0.05, 0.1) is 11.1 Å². The van der Waals surface area contributed by atoms with Crippen LogP contribution in [-0.4, -0.2) is 11.9 Å². The van der Waals surface area contributed by atoms with Crippen molar-refractivity contribution in [1.29, 1.82) is 0 Å². The van der Waals surface area contributed by atoms with E-state index >= 15 is 0 Å². The number of carbonyl (C=O) groups is 1. The molecule has 0 fully saturated rings. The van der Waals surface area contributed by atoms with Crippen LogP contribution >= 0.6 is 11.6 Å². The van der Waals surface area contributed by atoms with Crippen molar-refractivity contribution in [2.45, 2.75) is 19.4 Å². The lowest BCUT2D eigenvalue weighted by Gasteiger charge is -2.10. The molecule has 1 aromatic carbocycles. The lowest BCUT2D eigenvalue weighted by Crippen LogP contribution is -2.34. The summed E-state index contributed by atoms with van der Waals surface area (Å²) in [4.78, 5) is 11.4. The Labute approximate surface area is 92.4 Å². The lowest BCUT2D eigenvalue weighted by atomic mass is 10.2. The second-order valence-electron chi connectivity index (χ2n) is 3.13. The van der Waals surface area contributed by atoms with E-state index in [-0.39, 0.29) is 10.9 Å². The van der Waals surface area contributed by atoms with Gasteiger partial charge in [0, 0.05) is 5.69 Å². The highest BCUT2D eigenvalue weighted by Gasteiger charge is 2.11. The van der Waals surface area contributed by atoms with E-state index in [1.54, 1.807) is 0 Å².